The van der Waals surface area contributed by atoms with Crippen LogP contribution < -0.4 is 16.1 Å². The average molecular weight is 417 g/mol. The number of amides is 1. The molecule has 0 saturated carbocycles. The Bertz CT molecular complexity index is 1230. The zero-order valence-electron chi connectivity index (χ0n) is 17.0. The predicted octanol–water partition coefficient (Wildman–Crippen LogP) is 1.13. The molecule has 0 aliphatic heterocycles. The molecule has 7 nitrogen and oxygen atoms in total. The minimum Gasteiger partial charge on any atom is -0.395 e. The van der Waals surface area contributed by atoms with Crippen molar-refractivity contribution in [1.29, 1.82) is 0 Å². The van der Waals surface area contributed by atoms with Gasteiger partial charge in [0.25, 0.3) is 5.91 Å². The van der Waals surface area contributed by atoms with E-state index in [9.17, 15) is 9.18 Å². The smallest absolute Gasteiger partial charge is 0.251 e. The maximum absolute atomic E-state index is 14.3. The number of anilines is 1. The summed E-state index contributed by atoms with van der Waals surface area (Å²) in [7, 11) is 1.91. The Morgan fingerprint density at radius 3 is 2.68 bits per heavy atom. The molecule has 4 aromatic rings. The van der Waals surface area contributed by atoms with Crippen LogP contribution in [0, 0.1) is 5.82 Å². The van der Waals surface area contributed by atoms with Crippen molar-refractivity contribution in [2.75, 3.05) is 18.5 Å². The lowest BCUT2D eigenvalue weighted by Crippen LogP contribution is -2.26. The Morgan fingerprint density at radius 2 is 1.94 bits per heavy atom. The highest BCUT2D eigenvalue weighted by molar-refractivity contribution is 6.36. The van der Waals surface area contributed by atoms with Crippen LogP contribution >= 0.6 is 0 Å². The maximum Gasteiger partial charge on any atom is 0.251 e. The summed E-state index contributed by atoms with van der Waals surface area (Å²) in [6.07, 6.45) is 1.72. The molecule has 2 heterocycles. The van der Waals surface area contributed by atoms with Gasteiger partial charge >= 0.3 is 0 Å². The Labute approximate surface area is 179 Å². The van der Waals surface area contributed by atoms with Crippen molar-refractivity contribution < 1.29 is 14.3 Å². The summed E-state index contributed by atoms with van der Waals surface area (Å²) in [6, 6.07) is 15.5. The molecule has 0 aliphatic rings. The van der Waals surface area contributed by atoms with Crippen LogP contribution in [0.25, 0.3) is 16.9 Å². The molecule has 2 aromatic carbocycles. The first-order chi connectivity index (χ1) is 15.1. The van der Waals surface area contributed by atoms with E-state index in [1.165, 1.54) is 6.07 Å². The molecule has 1 amide bonds. The van der Waals surface area contributed by atoms with Gasteiger partial charge in [0.2, 0.25) is 0 Å². The molecule has 3 N–H and O–H groups in total. The second-order valence-electron chi connectivity index (χ2n) is 7.10. The van der Waals surface area contributed by atoms with Gasteiger partial charge in [-0.1, -0.05) is 24.3 Å². The number of nitrogens with zero attached hydrogens (tertiary/aromatic N) is 3. The number of fused-ring (bicyclic) bond motifs is 1. The molecular formula is C22H21BFN5O2. The summed E-state index contributed by atoms with van der Waals surface area (Å²) in [6.45, 7) is 0.594. The minimum atomic E-state index is -0.336. The molecular weight excluding hydrogens is 396 g/mol. The van der Waals surface area contributed by atoms with Crippen LogP contribution in [0.15, 0.2) is 60.8 Å². The van der Waals surface area contributed by atoms with Crippen molar-refractivity contribution in [3.05, 3.63) is 77.7 Å². The van der Waals surface area contributed by atoms with E-state index < -0.39 is 0 Å². The molecule has 31 heavy (non-hydrogen) atoms. The van der Waals surface area contributed by atoms with Crippen molar-refractivity contribution in [3.8, 4) is 11.3 Å². The van der Waals surface area contributed by atoms with Crippen molar-refractivity contribution in [2.24, 2.45) is 0 Å². The fraction of sp³-hybridized carbons (Fsp3) is 0.136. The van der Waals surface area contributed by atoms with E-state index >= 15 is 0 Å². The molecule has 4 rings (SSSR count). The Balaban J connectivity index is 1.58. The van der Waals surface area contributed by atoms with Crippen LogP contribution in [0.1, 0.15) is 15.9 Å². The summed E-state index contributed by atoms with van der Waals surface area (Å²) in [4.78, 5) is 16.6. The van der Waals surface area contributed by atoms with Gasteiger partial charge in [-0.2, -0.15) is 9.61 Å². The summed E-state index contributed by atoms with van der Waals surface area (Å²) < 4.78 is 16.0. The number of carbonyl (C=O) groups excluding carboxylic acids is 1. The first-order valence-corrected chi connectivity index (χ1v) is 9.89. The second-order valence-corrected chi connectivity index (χ2v) is 7.10. The normalized spacial score (nSPS) is 10.9. The van der Waals surface area contributed by atoms with Crippen LogP contribution in [0.5, 0.6) is 0 Å². The lowest BCUT2D eigenvalue weighted by atomic mass is 10.0. The first-order valence-electron chi connectivity index (χ1n) is 9.89. The molecule has 0 atom stereocenters. The fourth-order valence-electron chi connectivity index (χ4n) is 3.24. The fourth-order valence-corrected chi connectivity index (χ4v) is 3.24. The van der Waals surface area contributed by atoms with Crippen molar-refractivity contribution in [1.82, 2.24) is 19.9 Å². The van der Waals surface area contributed by atoms with Gasteiger partial charge in [0, 0.05) is 36.5 Å². The van der Waals surface area contributed by atoms with E-state index in [1.54, 1.807) is 47.1 Å². The Hall–Kier alpha value is -3.72. The largest absolute Gasteiger partial charge is 0.395 e. The number of hydrogen-bond donors (Lipinski definition) is 3. The summed E-state index contributed by atoms with van der Waals surface area (Å²) in [5, 5.41) is 19.1. The quantitative estimate of drug-likeness (QED) is 0.392. The average Bonchev–Trinajstić information content (AvgIpc) is 3.17. The number of benzene rings is 2. The van der Waals surface area contributed by atoms with Crippen LogP contribution in [0.3, 0.4) is 0 Å². The first kappa shape index (κ1) is 20.6. The molecule has 0 unspecified atom stereocenters. The molecule has 0 saturated heterocycles. The molecule has 9 heteroatoms. The van der Waals surface area contributed by atoms with E-state index in [4.69, 9.17) is 5.11 Å². The lowest BCUT2D eigenvalue weighted by Gasteiger charge is -2.12. The number of aromatic nitrogens is 3. The van der Waals surface area contributed by atoms with Crippen LogP contribution in [-0.4, -0.2) is 46.6 Å². The Morgan fingerprint density at radius 1 is 1.16 bits per heavy atom. The highest BCUT2D eigenvalue weighted by atomic mass is 19.1. The van der Waals surface area contributed by atoms with Crippen molar-refractivity contribution >= 4 is 30.7 Å². The molecule has 0 radical (unpaired) electrons. The lowest BCUT2D eigenvalue weighted by molar-refractivity contribution is 0.0945. The van der Waals surface area contributed by atoms with Gasteiger partial charge in [0.05, 0.1) is 12.3 Å². The zero-order valence-corrected chi connectivity index (χ0v) is 17.0. The number of carbonyl (C=O) groups is 1. The van der Waals surface area contributed by atoms with E-state index in [0.717, 1.165) is 11.0 Å². The SMILES string of the molecule is Bc1cnn2c(NCc3ccc(C(=O)NCCO)cc3)cc(-c3ccccc3F)nc12. The van der Waals surface area contributed by atoms with Gasteiger partial charge in [-0.05, 0) is 35.3 Å². The topological polar surface area (TPSA) is 91.5 Å². The number of nitrogens with one attached hydrogen (secondary N) is 2. The monoisotopic (exact) mass is 417 g/mol. The highest BCUT2D eigenvalue weighted by Crippen LogP contribution is 2.24. The van der Waals surface area contributed by atoms with Gasteiger partial charge in [-0.15, -0.1) is 0 Å². The molecule has 0 bridgehead atoms. The van der Waals surface area contributed by atoms with Gasteiger partial charge in [0.15, 0.2) is 5.65 Å². The van der Waals surface area contributed by atoms with E-state index in [0.29, 0.717) is 34.8 Å². The zero-order chi connectivity index (χ0) is 21.8. The second kappa shape index (κ2) is 8.97. The standard InChI is InChI=1S/C22H21BFN5O2/c23-17-13-27-29-20(11-19(28-21(17)29)16-3-1-2-4-18(16)24)26-12-14-5-7-15(8-6-14)22(31)25-9-10-30/h1-8,11,13,26,30H,9-10,12,23H2,(H,25,31). The maximum atomic E-state index is 14.3. The Kier molecular flexibility index (Phi) is 5.95. The number of hydrogen-bond acceptors (Lipinski definition) is 5. The minimum absolute atomic E-state index is 0.101. The molecule has 0 fully saturated rings. The molecule has 0 spiro atoms. The molecule has 156 valence electrons. The summed E-state index contributed by atoms with van der Waals surface area (Å²) >= 11 is 0. The third-order valence-electron chi connectivity index (χ3n) is 4.89. The van der Waals surface area contributed by atoms with Crippen LogP contribution in [0.4, 0.5) is 10.2 Å². The number of aliphatic hydroxyl groups is 1. The number of aliphatic hydroxyl groups excluding tert-OH is 1. The van der Waals surface area contributed by atoms with Gasteiger partial charge < -0.3 is 15.7 Å². The van der Waals surface area contributed by atoms with E-state index in [-0.39, 0.29) is 24.9 Å². The number of halogens is 1. The molecule has 2 aromatic heterocycles. The number of rotatable bonds is 7. The van der Waals surface area contributed by atoms with E-state index in [1.807, 2.05) is 20.0 Å². The van der Waals surface area contributed by atoms with E-state index in [2.05, 4.69) is 20.7 Å². The third kappa shape index (κ3) is 4.41. The van der Waals surface area contributed by atoms with Crippen molar-refractivity contribution in [3.63, 3.8) is 0 Å². The third-order valence-corrected chi connectivity index (χ3v) is 4.89. The predicted molar refractivity (Wildman–Crippen MR) is 120 cm³/mol. The van der Waals surface area contributed by atoms with Gasteiger partial charge in [0.1, 0.15) is 19.5 Å². The van der Waals surface area contributed by atoms with Gasteiger partial charge in [-0.25, -0.2) is 9.37 Å². The highest BCUT2D eigenvalue weighted by Gasteiger charge is 2.13. The van der Waals surface area contributed by atoms with Crippen LogP contribution in [0.2, 0.25) is 0 Å². The van der Waals surface area contributed by atoms with Gasteiger partial charge in [-0.3, -0.25) is 4.79 Å². The van der Waals surface area contributed by atoms with Crippen LogP contribution in [-0.2, 0) is 6.54 Å². The van der Waals surface area contributed by atoms with Crippen molar-refractivity contribution in [2.45, 2.75) is 6.54 Å². The molecule has 0 aliphatic carbocycles. The summed E-state index contributed by atoms with van der Waals surface area (Å²) in [5.41, 5.74) is 3.96. The summed E-state index contributed by atoms with van der Waals surface area (Å²) in [5.74, 6) is 0.115.